The van der Waals surface area contributed by atoms with Crippen molar-refractivity contribution in [2.45, 2.75) is 25.4 Å². The third-order valence-corrected chi connectivity index (χ3v) is 4.67. The second-order valence-electron chi connectivity index (χ2n) is 6.18. The van der Waals surface area contributed by atoms with E-state index in [9.17, 15) is 9.18 Å². The third kappa shape index (κ3) is 2.73. The van der Waals surface area contributed by atoms with Crippen molar-refractivity contribution in [1.29, 1.82) is 0 Å². The Bertz CT molecular complexity index is 896. The van der Waals surface area contributed by atoms with Crippen molar-refractivity contribution in [3.05, 3.63) is 64.9 Å². The number of furan rings is 1. The van der Waals surface area contributed by atoms with E-state index in [1.807, 2.05) is 12.1 Å². The number of halogens is 1. The first-order chi connectivity index (χ1) is 11.7. The van der Waals surface area contributed by atoms with E-state index in [2.05, 4.69) is 9.88 Å². The molecule has 124 valence electrons. The fourth-order valence-corrected chi connectivity index (χ4v) is 3.38. The van der Waals surface area contributed by atoms with Gasteiger partial charge in [-0.05, 0) is 37.1 Å². The van der Waals surface area contributed by atoms with Crippen molar-refractivity contribution in [3.8, 4) is 0 Å². The summed E-state index contributed by atoms with van der Waals surface area (Å²) >= 11 is 0. The number of nitrogens with zero attached hydrogens (tertiary/aromatic N) is 3. The molecule has 0 saturated carbocycles. The highest BCUT2D eigenvalue weighted by molar-refractivity contribution is 5.77. The van der Waals surface area contributed by atoms with Crippen LogP contribution in [0.4, 0.5) is 4.39 Å². The molecule has 5 nitrogen and oxygen atoms in total. The van der Waals surface area contributed by atoms with Crippen LogP contribution in [0.1, 0.15) is 24.6 Å². The minimum absolute atomic E-state index is 0.0573. The number of fused-ring (bicyclic) bond motifs is 1. The highest BCUT2D eigenvalue weighted by Gasteiger charge is 2.23. The van der Waals surface area contributed by atoms with Crippen LogP contribution in [0.15, 0.2) is 52.1 Å². The average molecular weight is 327 g/mol. The molecule has 3 heterocycles. The summed E-state index contributed by atoms with van der Waals surface area (Å²) in [5.74, 6) is 0.440. The summed E-state index contributed by atoms with van der Waals surface area (Å²) in [6.07, 6.45) is 4.90. The Kier molecular flexibility index (Phi) is 3.90. The lowest BCUT2D eigenvalue weighted by atomic mass is 10.0. The molecule has 0 atom stereocenters. The van der Waals surface area contributed by atoms with E-state index in [0.29, 0.717) is 5.52 Å². The molecule has 1 saturated heterocycles. The van der Waals surface area contributed by atoms with Gasteiger partial charge in [0.05, 0.1) is 24.7 Å². The molecule has 0 bridgehead atoms. The van der Waals surface area contributed by atoms with Gasteiger partial charge in [0, 0.05) is 19.1 Å². The predicted octanol–water partition coefficient (Wildman–Crippen LogP) is 2.97. The van der Waals surface area contributed by atoms with E-state index < -0.39 is 5.82 Å². The molecule has 1 aliphatic heterocycles. The number of hydrogen-bond donors (Lipinski definition) is 0. The van der Waals surface area contributed by atoms with Gasteiger partial charge in [-0.25, -0.2) is 9.37 Å². The molecule has 0 spiro atoms. The number of rotatable bonds is 3. The molecule has 1 aromatic carbocycles. The second-order valence-corrected chi connectivity index (χ2v) is 6.18. The molecule has 6 heteroatoms. The highest BCUT2D eigenvalue weighted by atomic mass is 19.1. The molecule has 0 N–H and O–H groups in total. The van der Waals surface area contributed by atoms with Crippen LogP contribution in [0.2, 0.25) is 0 Å². The van der Waals surface area contributed by atoms with Crippen LogP contribution in [0.25, 0.3) is 10.9 Å². The standard InChI is InChI=1S/C18H18FN3O2/c19-15-4-1-5-16-17(15)18(23)22(12-20-16)13-6-8-21(9-7-13)11-14-3-2-10-24-14/h1-5,10,12-13H,6-9,11H2. The molecular weight excluding hydrogens is 309 g/mol. The zero-order valence-electron chi connectivity index (χ0n) is 13.2. The Morgan fingerprint density at radius 1 is 1.21 bits per heavy atom. The van der Waals surface area contributed by atoms with Crippen LogP contribution in [0.5, 0.6) is 0 Å². The van der Waals surface area contributed by atoms with E-state index in [1.165, 1.54) is 6.07 Å². The summed E-state index contributed by atoms with van der Waals surface area (Å²) in [5, 5.41) is 0.0815. The van der Waals surface area contributed by atoms with E-state index in [-0.39, 0.29) is 17.0 Å². The Labute approximate surface area is 138 Å². The molecule has 0 radical (unpaired) electrons. The molecule has 4 rings (SSSR count). The van der Waals surface area contributed by atoms with Gasteiger partial charge in [-0.1, -0.05) is 6.07 Å². The molecule has 2 aromatic heterocycles. The molecule has 24 heavy (non-hydrogen) atoms. The van der Waals surface area contributed by atoms with Gasteiger partial charge in [-0.2, -0.15) is 0 Å². The molecule has 0 amide bonds. The first kappa shape index (κ1) is 15.1. The number of piperidine rings is 1. The topological polar surface area (TPSA) is 51.3 Å². The maximum Gasteiger partial charge on any atom is 0.264 e. The van der Waals surface area contributed by atoms with E-state index >= 15 is 0 Å². The summed E-state index contributed by atoms with van der Waals surface area (Å²) in [6, 6.07) is 8.45. The van der Waals surface area contributed by atoms with Crippen molar-refractivity contribution in [1.82, 2.24) is 14.5 Å². The monoisotopic (exact) mass is 327 g/mol. The zero-order chi connectivity index (χ0) is 16.5. The SMILES string of the molecule is O=c1c2c(F)cccc2ncn1C1CCN(Cc2ccco2)CC1. The quantitative estimate of drug-likeness (QED) is 0.742. The summed E-state index contributed by atoms with van der Waals surface area (Å²) in [5.41, 5.74) is 0.120. The molecule has 1 fully saturated rings. The lowest BCUT2D eigenvalue weighted by Gasteiger charge is -2.32. The lowest BCUT2D eigenvalue weighted by molar-refractivity contribution is 0.167. The van der Waals surface area contributed by atoms with Crippen LogP contribution in [-0.4, -0.2) is 27.5 Å². The summed E-state index contributed by atoms with van der Waals surface area (Å²) in [4.78, 5) is 19.2. The lowest BCUT2D eigenvalue weighted by Crippen LogP contribution is -2.37. The Hall–Kier alpha value is -2.47. The fraction of sp³-hybridized carbons (Fsp3) is 0.333. The van der Waals surface area contributed by atoms with Crippen LogP contribution in [-0.2, 0) is 6.54 Å². The Balaban J connectivity index is 1.53. The maximum absolute atomic E-state index is 14.0. The largest absolute Gasteiger partial charge is 0.468 e. The van der Waals surface area contributed by atoms with Crippen molar-refractivity contribution < 1.29 is 8.81 Å². The minimum atomic E-state index is -0.505. The van der Waals surface area contributed by atoms with Gasteiger partial charge in [0.25, 0.3) is 5.56 Å². The van der Waals surface area contributed by atoms with Crippen LogP contribution >= 0.6 is 0 Å². The van der Waals surface area contributed by atoms with Gasteiger partial charge in [0.15, 0.2) is 0 Å². The van der Waals surface area contributed by atoms with Crippen molar-refractivity contribution in [2.75, 3.05) is 13.1 Å². The van der Waals surface area contributed by atoms with Gasteiger partial charge < -0.3 is 4.42 Å². The van der Waals surface area contributed by atoms with Crippen molar-refractivity contribution >= 4 is 10.9 Å². The van der Waals surface area contributed by atoms with E-state index in [4.69, 9.17) is 4.42 Å². The van der Waals surface area contributed by atoms with Gasteiger partial charge in [0.2, 0.25) is 0 Å². The zero-order valence-corrected chi connectivity index (χ0v) is 13.2. The van der Waals surface area contributed by atoms with Crippen molar-refractivity contribution in [2.24, 2.45) is 0 Å². The van der Waals surface area contributed by atoms with E-state index in [0.717, 1.165) is 38.2 Å². The average Bonchev–Trinajstić information content (AvgIpc) is 3.09. The fourth-order valence-electron chi connectivity index (χ4n) is 3.38. The third-order valence-electron chi connectivity index (χ3n) is 4.67. The predicted molar refractivity (Wildman–Crippen MR) is 88.2 cm³/mol. The maximum atomic E-state index is 14.0. The Morgan fingerprint density at radius 2 is 2.04 bits per heavy atom. The number of benzene rings is 1. The summed E-state index contributed by atoms with van der Waals surface area (Å²) in [7, 11) is 0. The van der Waals surface area contributed by atoms with Gasteiger partial charge >= 0.3 is 0 Å². The molecule has 1 aliphatic rings. The van der Waals surface area contributed by atoms with Crippen LogP contribution < -0.4 is 5.56 Å². The normalized spacial score (nSPS) is 16.7. The molecule has 0 unspecified atom stereocenters. The summed E-state index contributed by atoms with van der Waals surface area (Å²) in [6.45, 7) is 2.51. The van der Waals surface area contributed by atoms with Gasteiger partial charge in [-0.15, -0.1) is 0 Å². The molecule has 0 aliphatic carbocycles. The molecular formula is C18H18FN3O2. The highest BCUT2D eigenvalue weighted by Crippen LogP contribution is 2.23. The first-order valence-electron chi connectivity index (χ1n) is 8.12. The van der Waals surface area contributed by atoms with Crippen molar-refractivity contribution in [3.63, 3.8) is 0 Å². The number of likely N-dealkylation sites (tertiary alicyclic amines) is 1. The second kappa shape index (κ2) is 6.20. The van der Waals surface area contributed by atoms with E-state index in [1.54, 1.807) is 29.3 Å². The first-order valence-corrected chi connectivity index (χ1v) is 8.12. The van der Waals surface area contributed by atoms with Gasteiger partial charge in [0.1, 0.15) is 17.0 Å². The summed E-state index contributed by atoms with van der Waals surface area (Å²) < 4.78 is 21.0. The minimum Gasteiger partial charge on any atom is -0.468 e. The Morgan fingerprint density at radius 3 is 2.79 bits per heavy atom. The van der Waals surface area contributed by atoms with Crippen LogP contribution in [0, 0.1) is 5.82 Å². The van der Waals surface area contributed by atoms with Crippen LogP contribution in [0.3, 0.4) is 0 Å². The number of aromatic nitrogens is 2. The number of hydrogen-bond acceptors (Lipinski definition) is 4. The van der Waals surface area contributed by atoms with Gasteiger partial charge in [-0.3, -0.25) is 14.3 Å². The smallest absolute Gasteiger partial charge is 0.264 e. The molecule has 3 aromatic rings.